The zero-order valence-electron chi connectivity index (χ0n) is 6.39. The van der Waals surface area contributed by atoms with Gasteiger partial charge in [-0.3, -0.25) is 10.1 Å². The molecule has 2 aromatic heterocycles. The highest BCUT2D eigenvalue weighted by molar-refractivity contribution is 5.90. The smallest absolute Gasteiger partial charge is 0.315 e. The van der Waals surface area contributed by atoms with E-state index in [-0.39, 0.29) is 17.0 Å². The highest BCUT2D eigenvalue weighted by Crippen LogP contribution is 2.23. The number of nitrogens with zero attached hydrogens (tertiary/aromatic N) is 3. The highest BCUT2D eigenvalue weighted by Gasteiger charge is 2.16. The molecular weight excluding hydrogens is 174 g/mol. The SMILES string of the molecule is Nc1ncc([N+](=O)[O-])c2nc[nH]c12. The number of anilines is 1. The number of imidazole rings is 1. The first-order valence-corrected chi connectivity index (χ1v) is 3.42. The fourth-order valence-electron chi connectivity index (χ4n) is 1.07. The predicted octanol–water partition coefficient (Wildman–Crippen LogP) is 0.448. The number of nitro groups is 1. The second kappa shape index (κ2) is 2.41. The molecule has 0 amide bonds. The third-order valence-corrected chi connectivity index (χ3v) is 1.66. The lowest BCUT2D eigenvalue weighted by atomic mass is 10.3. The lowest BCUT2D eigenvalue weighted by Gasteiger charge is -1.94. The average molecular weight is 179 g/mol. The van der Waals surface area contributed by atoms with Gasteiger partial charge in [0.2, 0.25) is 0 Å². The fourth-order valence-corrected chi connectivity index (χ4v) is 1.07. The quantitative estimate of drug-likeness (QED) is 0.487. The van der Waals surface area contributed by atoms with Gasteiger partial charge >= 0.3 is 5.69 Å². The van der Waals surface area contributed by atoms with Crippen molar-refractivity contribution in [3.8, 4) is 0 Å². The Balaban J connectivity index is 2.86. The number of fused-ring (bicyclic) bond motifs is 1. The van der Waals surface area contributed by atoms with Gasteiger partial charge in [-0.05, 0) is 0 Å². The molecule has 2 heterocycles. The first kappa shape index (κ1) is 7.47. The van der Waals surface area contributed by atoms with E-state index in [9.17, 15) is 10.1 Å². The van der Waals surface area contributed by atoms with Crippen molar-refractivity contribution in [2.75, 3.05) is 5.73 Å². The molecule has 0 aromatic carbocycles. The Hall–Kier alpha value is -2.18. The standard InChI is InChI=1S/C6H5N5O2/c7-6-5-4(9-2-10-5)3(1-8-6)11(12)13/h1-2H,(H2,7,8)(H,9,10). The Bertz CT molecular complexity index is 477. The van der Waals surface area contributed by atoms with Crippen LogP contribution in [-0.4, -0.2) is 19.9 Å². The zero-order valence-corrected chi connectivity index (χ0v) is 6.39. The van der Waals surface area contributed by atoms with E-state index in [4.69, 9.17) is 5.73 Å². The minimum Gasteiger partial charge on any atom is -0.382 e. The number of hydrogen-bond acceptors (Lipinski definition) is 5. The number of nitrogens with one attached hydrogen (secondary N) is 1. The summed E-state index contributed by atoms with van der Waals surface area (Å²) in [5.74, 6) is 0.207. The summed E-state index contributed by atoms with van der Waals surface area (Å²) in [5, 5.41) is 10.5. The van der Waals surface area contributed by atoms with Crippen molar-refractivity contribution in [2.24, 2.45) is 0 Å². The summed E-state index contributed by atoms with van der Waals surface area (Å²) in [6, 6.07) is 0. The molecule has 13 heavy (non-hydrogen) atoms. The van der Waals surface area contributed by atoms with Crippen molar-refractivity contribution >= 4 is 22.5 Å². The minimum atomic E-state index is -0.546. The van der Waals surface area contributed by atoms with Crippen LogP contribution in [0.25, 0.3) is 11.0 Å². The van der Waals surface area contributed by atoms with E-state index in [1.807, 2.05) is 0 Å². The maximum atomic E-state index is 10.5. The van der Waals surface area contributed by atoms with Gasteiger partial charge in [-0.1, -0.05) is 0 Å². The second-order valence-corrected chi connectivity index (χ2v) is 2.41. The third kappa shape index (κ3) is 0.975. The van der Waals surface area contributed by atoms with Crippen molar-refractivity contribution in [1.82, 2.24) is 15.0 Å². The fraction of sp³-hybridized carbons (Fsp3) is 0. The van der Waals surface area contributed by atoms with Gasteiger partial charge < -0.3 is 10.7 Å². The van der Waals surface area contributed by atoms with Crippen LogP contribution < -0.4 is 5.73 Å². The molecule has 0 radical (unpaired) electrons. The maximum absolute atomic E-state index is 10.5. The molecule has 0 atom stereocenters. The van der Waals surface area contributed by atoms with Gasteiger partial charge in [0.1, 0.15) is 17.5 Å². The molecule has 0 aliphatic heterocycles. The van der Waals surface area contributed by atoms with Gasteiger partial charge in [0.25, 0.3) is 0 Å². The zero-order chi connectivity index (χ0) is 9.42. The van der Waals surface area contributed by atoms with Crippen molar-refractivity contribution in [3.05, 3.63) is 22.6 Å². The van der Waals surface area contributed by atoms with Crippen molar-refractivity contribution < 1.29 is 4.92 Å². The maximum Gasteiger partial charge on any atom is 0.315 e. The first-order valence-electron chi connectivity index (χ1n) is 3.42. The lowest BCUT2D eigenvalue weighted by Crippen LogP contribution is -1.95. The third-order valence-electron chi connectivity index (χ3n) is 1.66. The summed E-state index contributed by atoms with van der Waals surface area (Å²) in [6.07, 6.45) is 2.44. The lowest BCUT2D eigenvalue weighted by molar-refractivity contribution is -0.383. The summed E-state index contributed by atoms with van der Waals surface area (Å²) >= 11 is 0. The number of aromatic nitrogens is 3. The Morgan fingerprint density at radius 1 is 1.54 bits per heavy atom. The van der Waals surface area contributed by atoms with Crippen LogP contribution in [0.3, 0.4) is 0 Å². The molecule has 66 valence electrons. The van der Waals surface area contributed by atoms with E-state index in [1.54, 1.807) is 0 Å². The molecule has 7 heteroatoms. The molecule has 7 nitrogen and oxygen atoms in total. The number of nitrogens with two attached hydrogens (primary N) is 1. The molecule has 3 N–H and O–H groups in total. The molecule has 0 saturated heterocycles. The van der Waals surface area contributed by atoms with E-state index >= 15 is 0 Å². The Morgan fingerprint density at radius 3 is 3.00 bits per heavy atom. The van der Waals surface area contributed by atoms with Crippen LogP contribution in [0.5, 0.6) is 0 Å². The van der Waals surface area contributed by atoms with Gasteiger partial charge in [0.15, 0.2) is 5.52 Å². The molecule has 0 saturated carbocycles. The predicted molar refractivity (Wildman–Crippen MR) is 45.0 cm³/mol. The molecule has 2 rings (SSSR count). The van der Waals surface area contributed by atoms with Crippen molar-refractivity contribution in [1.29, 1.82) is 0 Å². The molecule has 0 bridgehead atoms. The van der Waals surface area contributed by atoms with Crippen LogP contribution in [0.4, 0.5) is 11.5 Å². The number of aromatic amines is 1. The van der Waals surface area contributed by atoms with E-state index in [0.717, 1.165) is 6.20 Å². The highest BCUT2D eigenvalue weighted by atomic mass is 16.6. The summed E-state index contributed by atoms with van der Waals surface area (Å²) in [4.78, 5) is 20.1. The normalized spacial score (nSPS) is 10.5. The van der Waals surface area contributed by atoms with Crippen LogP contribution in [0.15, 0.2) is 12.5 Å². The Morgan fingerprint density at radius 2 is 2.31 bits per heavy atom. The van der Waals surface area contributed by atoms with Crippen LogP contribution >= 0.6 is 0 Å². The van der Waals surface area contributed by atoms with Crippen molar-refractivity contribution in [3.63, 3.8) is 0 Å². The summed E-state index contributed by atoms with van der Waals surface area (Å²) in [7, 11) is 0. The molecule has 0 aliphatic carbocycles. The monoisotopic (exact) mass is 179 g/mol. The largest absolute Gasteiger partial charge is 0.382 e. The molecule has 0 aliphatic rings. The molecular formula is C6H5N5O2. The summed E-state index contributed by atoms with van der Waals surface area (Å²) in [5.41, 5.74) is 5.95. The van der Waals surface area contributed by atoms with Gasteiger partial charge in [0, 0.05) is 0 Å². The van der Waals surface area contributed by atoms with Gasteiger partial charge in [0.05, 0.1) is 11.3 Å². The van der Waals surface area contributed by atoms with Gasteiger partial charge in [-0.2, -0.15) is 0 Å². The summed E-state index contributed by atoms with van der Waals surface area (Å²) < 4.78 is 0. The minimum absolute atomic E-state index is 0.148. The van der Waals surface area contributed by atoms with Crippen LogP contribution in [0.2, 0.25) is 0 Å². The number of rotatable bonds is 1. The molecule has 0 fully saturated rings. The molecule has 0 spiro atoms. The number of pyridine rings is 1. The molecule has 0 unspecified atom stereocenters. The van der Waals surface area contributed by atoms with Crippen LogP contribution in [0.1, 0.15) is 0 Å². The Kier molecular flexibility index (Phi) is 1.38. The van der Waals surface area contributed by atoms with Gasteiger partial charge in [-0.15, -0.1) is 0 Å². The van der Waals surface area contributed by atoms with E-state index in [2.05, 4.69) is 15.0 Å². The van der Waals surface area contributed by atoms with E-state index in [1.165, 1.54) is 6.33 Å². The van der Waals surface area contributed by atoms with Gasteiger partial charge in [-0.25, -0.2) is 9.97 Å². The van der Waals surface area contributed by atoms with E-state index in [0.29, 0.717) is 5.52 Å². The number of H-pyrrole nitrogens is 1. The Labute approximate surface area is 71.8 Å². The molecule has 2 aromatic rings. The number of hydrogen-bond donors (Lipinski definition) is 2. The van der Waals surface area contributed by atoms with Crippen molar-refractivity contribution in [2.45, 2.75) is 0 Å². The summed E-state index contributed by atoms with van der Waals surface area (Å²) in [6.45, 7) is 0. The first-order chi connectivity index (χ1) is 6.20. The second-order valence-electron chi connectivity index (χ2n) is 2.41. The topological polar surface area (TPSA) is 111 Å². The van der Waals surface area contributed by atoms with E-state index < -0.39 is 4.92 Å². The van der Waals surface area contributed by atoms with Crippen LogP contribution in [-0.2, 0) is 0 Å². The number of nitrogen functional groups attached to an aromatic ring is 1. The average Bonchev–Trinajstić information content (AvgIpc) is 2.53. The van der Waals surface area contributed by atoms with Crippen LogP contribution in [0, 0.1) is 10.1 Å².